The predicted molar refractivity (Wildman–Crippen MR) is 69.4 cm³/mol. The van der Waals surface area contributed by atoms with Crippen molar-refractivity contribution in [2.75, 3.05) is 6.54 Å². The molecule has 3 N–H and O–H groups in total. The average molecular weight is 224 g/mol. The molecule has 0 spiro atoms. The minimum absolute atomic E-state index is 0.205. The van der Waals surface area contributed by atoms with Crippen LogP contribution in [0.4, 0.5) is 0 Å². The van der Waals surface area contributed by atoms with Gasteiger partial charge in [-0.1, -0.05) is 38.5 Å². The van der Waals surface area contributed by atoms with Crippen LogP contribution in [-0.2, 0) is 0 Å². The van der Waals surface area contributed by atoms with Crippen LogP contribution < -0.4 is 11.1 Å². The summed E-state index contributed by atoms with van der Waals surface area (Å²) in [6.07, 6.45) is 12.5. The lowest BCUT2D eigenvalue weighted by molar-refractivity contribution is 0.270. The molecule has 0 aromatic carbocycles. The molecule has 0 aromatic rings. The molecule has 0 saturated heterocycles. The van der Waals surface area contributed by atoms with Gasteiger partial charge in [-0.3, -0.25) is 0 Å². The normalized spacial score (nSPS) is 27.4. The molecule has 2 aliphatic rings. The van der Waals surface area contributed by atoms with E-state index in [0.717, 1.165) is 18.5 Å². The van der Waals surface area contributed by atoms with Gasteiger partial charge in [0.25, 0.3) is 0 Å². The van der Waals surface area contributed by atoms with E-state index in [1.54, 1.807) is 0 Å². The zero-order valence-corrected chi connectivity index (χ0v) is 10.8. The minimum Gasteiger partial charge on any atom is -0.329 e. The maximum absolute atomic E-state index is 5.98. The maximum Gasteiger partial charge on any atom is 0.0280 e. The first-order valence-electron chi connectivity index (χ1n) is 7.20. The van der Waals surface area contributed by atoms with Crippen molar-refractivity contribution in [3.05, 3.63) is 0 Å². The number of hydrogen-bond acceptors (Lipinski definition) is 2. The van der Waals surface area contributed by atoms with E-state index in [-0.39, 0.29) is 5.54 Å². The molecule has 1 unspecified atom stereocenters. The summed E-state index contributed by atoms with van der Waals surface area (Å²) in [5, 5.41) is 3.87. The molecule has 0 amide bonds. The van der Waals surface area contributed by atoms with Crippen molar-refractivity contribution < 1.29 is 0 Å². The molecule has 16 heavy (non-hydrogen) atoms. The van der Waals surface area contributed by atoms with Crippen LogP contribution in [0.15, 0.2) is 0 Å². The first-order valence-corrected chi connectivity index (χ1v) is 7.20. The Morgan fingerprint density at radius 2 is 1.69 bits per heavy atom. The highest BCUT2D eigenvalue weighted by Gasteiger charge is 2.33. The molecule has 2 heteroatoms. The van der Waals surface area contributed by atoms with E-state index in [0.29, 0.717) is 0 Å². The molecule has 2 aliphatic carbocycles. The largest absolute Gasteiger partial charge is 0.329 e. The second-order valence-corrected chi connectivity index (χ2v) is 6.25. The number of hydrogen-bond donors (Lipinski definition) is 2. The Bertz CT molecular complexity index is 205. The van der Waals surface area contributed by atoms with Crippen molar-refractivity contribution in [2.24, 2.45) is 11.7 Å². The standard InChI is InChI=1S/C14H28N2/c1-14(11-15,10-12-8-9-12)16-13-6-4-2-3-5-7-13/h12-13,16H,2-11,15H2,1H3. The Morgan fingerprint density at radius 3 is 2.19 bits per heavy atom. The monoisotopic (exact) mass is 224 g/mol. The molecule has 2 saturated carbocycles. The van der Waals surface area contributed by atoms with Crippen molar-refractivity contribution in [3.8, 4) is 0 Å². The SMILES string of the molecule is CC(CN)(CC1CC1)NC1CCCCCC1. The van der Waals surface area contributed by atoms with Crippen LogP contribution >= 0.6 is 0 Å². The highest BCUT2D eigenvalue weighted by Crippen LogP contribution is 2.37. The Balaban J connectivity index is 1.82. The Labute approximate surface area is 100 Å². The number of rotatable bonds is 5. The fourth-order valence-electron chi connectivity index (χ4n) is 3.08. The van der Waals surface area contributed by atoms with Gasteiger partial charge >= 0.3 is 0 Å². The second kappa shape index (κ2) is 5.50. The van der Waals surface area contributed by atoms with Crippen LogP contribution in [0.25, 0.3) is 0 Å². The van der Waals surface area contributed by atoms with E-state index in [2.05, 4.69) is 12.2 Å². The van der Waals surface area contributed by atoms with Crippen LogP contribution in [0.5, 0.6) is 0 Å². The molecule has 0 bridgehead atoms. The minimum atomic E-state index is 0.205. The van der Waals surface area contributed by atoms with Crippen molar-refractivity contribution in [1.29, 1.82) is 0 Å². The molecule has 2 rings (SSSR count). The van der Waals surface area contributed by atoms with Gasteiger partial charge in [0.15, 0.2) is 0 Å². The van der Waals surface area contributed by atoms with E-state index >= 15 is 0 Å². The van der Waals surface area contributed by atoms with E-state index < -0.39 is 0 Å². The fraction of sp³-hybridized carbons (Fsp3) is 1.00. The number of nitrogens with two attached hydrogens (primary N) is 1. The average Bonchev–Trinajstić information content (AvgIpc) is 3.06. The van der Waals surface area contributed by atoms with Crippen LogP contribution in [0, 0.1) is 5.92 Å². The predicted octanol–water partition coefficient (Wildman–Crippen LogP) is 2.82. The Kier molecular flexibility index (Phi) is 4.26. The Hall–Kier alpha value is -0.0800. The summed E-state index contributed by atoms with van der Waals surface area (Å²) in [5.41, 5.74) is 6.18. The topological polar surface area (TPSA) is 38.0 Å². The van der Waals surface area contributed by atoms with Crippen molar-refractivity contribution in [3.63, 3.8) is 0 Å². The first kappa shape index (κ1) is 12.4. The van der Waals surface area contributed by atoms with E-state index in [9.17, 15) is 0 Å². The molecule has 0 aromatic heterocycles. The van der Waals surface area contributed by atoms with Crippen molar-refractivity contribution >= 4 is 0 Å². The summed E-state index contributed by atoms with van der Waals surface area (Å²) in [5.74, 6) is 0.965. The van der Waals surface area contributed by atoms with Crippen LogP contribution in [0.1, 0.15) is 64.7 Å². The summed E-state index contributed by atoms with van der Waals surface area (Å²) >= 11 is 0. The zero-order valence-electron chi connectivity index (χ0n) is 10.8. The van der Waals surface area contributed by atoms with E-state index in [4.69, 9.17) is 5.73 Å². The van der Waals surface area contributed by atoms with E-state index in [1.165, 1.54) is 57.8 Å². The highest BCUT2D eigenvalue weighted by molar-refractivity contribution is 4.93. The second-order valence-electron chi connectivity index (χ2n) is 6.25. The lowest BCUT2D eigenvalue weighted by Gasteiger charge is -2.34. The third-order valence-corrected chi connectivity index (χ3v) is 4.29. The summed E-state index contributed by atoms with van der Waals surface area (Å²) in [4.78, 5) is 0. The summed E-state index contributed by atoms with van der Waals surface area (Å²) < 4.78 is 0. The molecule has 2 nitrogen and oxygen atoms in total. The van der Waals surface area contributed by atoms with Gasteiger partial charge in [-0.2, -0.15) is 0 Å². The van der Waals surface area contributed by atoms with Crippen LogP contribution in [-0.4, -0.2) is 18.1 Å². The maximum atomic E-state index is 5.98. The van der Waals surface area contributed by atoms with Crippen LogP contribution in [0.3, 0.4) is 0 Å². The van der Waals surface area contributed by atoms with Crippen molar-refractivity contribution in [1.82, 2.24) is 5.32 Å². The molecule has 0 radical (unpaired) electrons. The van der Waals surface area contributed by atoms with Crippen LogP contribution in [0.2, 0.25) is 0 Å². The summed E-state index contributed by atoms with van der Waals surface area (Å²) in [6, 6.07) is 0.731. The molecule has 2 fully saturated rings. The molecular weight excluding hydrogens is 196 g/mol. The first-order chi connectivity index (χ1) is 7.72. The lowest BCUT2D eigenvalue weighted by atomic mass is 9.92. The quantitative estimate of drug-likeness (QED) is 0.705. The van der Waals surface area contributed by atoms with Gasteiger partial charge in [-0.15, -0.1) is 0 Å². The fourth-order valence-corrected chi connectivity index (χ4v) is 3.08. The van der Waals surface area contributed by atoms with Gasteiger partial charge < -0.3 is 11.1 Å². The van der Waals surface area contributed by atoms with Gasteiger partial charge in [0.1, 0.15) is 0 Å². The molecule has 0 heterocycles. The van der Waals surface area contributed by atoms with E-state index in [1.807, 2.05) is 0 Å². The van der Waals surface area contributed by atoms with Gasteiger partial charge in [0.05, 0.1) is 0 Å². The smallest absolute Gasteiger partial charge is 0.0280 e. The summed E-state index contributed by atoms with van der Waals surface area (Å²) in [6.45, 7) is 3.12. The molecular formula is C14H28N2. The third kappa shape index (κ3) is 3.74. The van der Waals surface area contributed by atoms with Gasteiger partial charge in [-0.25, -0.2) is 0 Å². The molecule has 94 valence electrons. The summed E-state index contributed by atoms with van der Waals surface area (Å²) in [7, 11) is 0. The van der Waals surface area contributed by atoms with Gasteiger partial charge in [0, 0.05) is 18.1 Å². The third-order valence-electron chi connectivity index (χ3n) is 4.29. The number of nitrogens with one attached hydrogen (secondary N) is 1. The van der Waals surface area contributed by atoms with Gasteiger partial charge in [-0.05, 0) is 32.1 Å². The Morgan fingerprint density at radius 1 is 1.06 bits per heavy atom. The molecule has 1 atom stereocenters. The van der Waals surface area contributed by atoms with Crippen molar-refractivity contribution in [2.45, 2.75) is 76.3 Å². The lowest BCUT2D eigenvalue weighted by Crippen LogP contribution is -2.53. The van der Waals surface area contributed by atoms with Gasteiger partial charge in [0.2, 0.25) is 0 Å². The highest BCUT2D eigenvalue weighted by atomic mass is 15.0. The molecule has 0 aliphatic heterocycles. The zero-order chi connectivity index (χ0) is 11.4.